The van der Waals surface area contributed by atoms with Crippen LogP contribution in [0.3, 0.4) is 0 Å². The molecule has 0 spiro atoms. The number of thioether (sulfide) groups is 1. The summed E-state index contributed by atoms with van der Waals surface area (Å²) in [6.07, 6.45) is 3.61. The number of nitrogens with zero attached hydrogens (tertiary/aromatic N) is 1. The van der Waals surface area contributed by atoms with Gasteiger partial charge >= 0.3 is 0 Å². The van der Waals surface area contributed by atoms with E-state index in [1.165, 1.54) is 11.8 Å². The number of nitrogens with one attached hydrogen (secondary N) is 1. The largest absolute Gasteiger partial charge is 0.355 e. The summed E-state index contributed by atoms with van der Waals surface area (Å²) in [5.41, 5.74) is 6.79. The van der Waals surface area contributed by atoms with Crippen molar-refractivity contribution >= 4 is 17.7 Å². The van der Waals surface area contributed by atoms with E-state index in [9.17, 15) is 4.79 Å². The predicted molar refractivity (Wildman–Crippen MR) is 75.5 cm³/mol. The second kappa shape index (κ2) is 8.11. The van der Waals surface area contributed by atoms with Crippen LogP contribution in [-0.2, 0) is 4.79 Å². The average molecular weight is 267 g/mol. The zero-order valence-corrected chi connectivity index (χ0v) is 11.8. The first-order chi connectivity index (χ1) is 8.67. The molecule has 100 valence electrons. The van der Waals surface area contributed by atoms with E-state index in [0.717, 1.165) is 30.0 Å². The van der Waals surface area contributed by atoms with Gasteiger partial charge in [0, 0.05) is 23.7 Å². The fourth-order valence-corrected chi connectivity index (χ4v) is 2.06. The Bertz CT molecular complexity index is 367. The number of aromatic nitrogens is 1. The number of carbonyl (C=O) groups excluding carboxylic acids is 1. The van der Waals surface area contributed by atoms with Crippen molar-refractivity contribution in [1.29, 1.82) is 0 Å². The van der Waals surface area contributed by atoms with Crippen LogP contribution in [0.2, 0.25) is 0 Å². The van der Waals surface area contributed by atoms with E-state index in [-0.39, 0.29) is 11.9 Å². The van der Waals surface area contributed by atoms with Crippen LogP contribution in [0.1, 0.15) is 38.4 Å². The van der Waals surface area contributed by atoms with E-state index in [1.54, 1.807) is 6.20 Å². The molecule has 1 rings (SSSR count). The molecule has 0 saturated heterocycles. The fraction of sp³-hybridized carbons (Fsp3) is 0.538. The van der Waals surface area contributed by atoms with Gasteiger partial charge in [-0.3, -0.25) is 9.78 Å². The van der Waals surface area contributed by atoms with Gasteiger partial charge in [0.1, 0.15) is 0 Å². The van der Waals surface area contributed by atoms with Gasteiger partial charge in [0.05, 0.1) is 11.4 Å². The summed E-state index contributed by atoms with van der Waals surface area (Å²) in [5, 5.41) is 2.84. The Hall–Kier alpha value is -1.07. The smallest absolute Gasteiger partial charge is 0.230 e. The van der Waals surface area contributed by atoms with Crippen LogP contribution in [-0.4, -0.2) is 23.2 Å². The molecule has 1 aromatic rings. The average Bonchev–Trinajstić information content (AvgIpc) is 2.42. The normalized spacial score (nSPS) is 12.2. The summed E-state index contributed by atoms with van der Waals surface area (Å²) in [4.78, 5) is 16.7. The van der Waals surface area contributed by atoms with Gasteiger partial charge in [0.2, 0.25) is 5.91 Å². The topological polar surface area (TPSA) is 68.0 Å². The van der Waals surface area contributed by atoms with E-state index in [0.29, 0.717) is 5.75 Å². The Morgan fingerprint density at radius 1 is 1.50 bits per heavy atom. The van der Waals surface area contributed by atoms with E-state index in [4.69, 9.17) is 5.73 Å². The van der Waals surface area contributed by atoms with Crippen LogP contribution in [0.25, 0.3) is 0 Å². The van der Waals surface area contributed by atoms with Crippen LogP contribution < -0.4 is 11.1 Å². The van der Waals surface area contributed by atoms with E-state index >= 15 is 0 Å². The summed E-state index contributed by atoms with van der Waals surface area (Å²) in [7, 11) is 0. The third-order valence-corrected chi connectivity index (χ3v) is 3.50. The molecule has 1 atom stereocenters. The Morgan fingerprint density at radius 3 is 2.83 bits per heavy atom. The number of nitrogens with two attached hydrogens (primary N) is 1. The summed E-state index contributed by atoms with van der Waals surface area (Å²) < 4.78 is 0. The molecule has 0 fully saturated rings. The number of hydrogen-bond acceptors (Lipinski definition) is 4. The van der Waals surface area contributed by atoms with Gasteiger partial charge in [-0.15, -0.1) is 11.8 Å². The quantitative estimate of drug-likeness (QED) is 0.742. The molecule has 4 nitrogen and oxygen atoms in total. The van der Waals surface area contributed by atoms with Gasteiger partial charge in [-0.2, -0.15) is 0 Å². The molecule has 0 saturated carbocycles. The molecule has 0 unspecified atom stereocenters. The van der Waals surface area contributed by atoms with Crippen LogP contribution >= 0.6 is 11.8 Å². The zero-order chi connectivity index (χ0) is 13.4. The third kappa shape index (κ3) is 5.06. The van der Waals surface area contributed by atoms with Crippen LogP contribution in [0, 0.1) is 0 Å². The van der Waals surface area contributed by atoms with Crippen LogP contribution in [0.4, 0.5) is 0 Å². The molecular weight excluding hydrogens is 246 g/mol. The summed E-state index contributed by atoms with van der Waals surface area (Å²) in [5.74, 6) is 0.497. The minimum absolute atomic E-state index is 0.00287. The van der Waals surface area contributed by atoms with Crippen molar-refractivity contribution in [2.24, 2.45) is 5.73 Å². The minimum atomic E-state index is -0.00287. The molecule has 3 N–H and O–H groups in total. The zero-order valence-electron chi connectivity index (χ0n) is 11.0. The van der Waals surface area contributed by atoms with Crippen molar-refractivity contribution in [3.63, 3.8) is 0 Å². The Kier molecular flexibility index (Phi) is 6.75. The van der Waals surface area contributed by atoms with Crippen molar-refractivity contribution in [1.82, 2.24) is 10.3 Å². The van der Waals surface area contributed by atoms with Crippen LogP contribution in [0.5, 0.6) is 0 Å². The first-order valence-electron chi connectivity index (χ1n) is 6.28. The lowest BCUT2D eigenvalue weighted by Gasteiger charge is -2.08. The highest BCUT2D eigenvalue weighted by molar-refractivity contribution is 8.00. The molecule has 0 aliphatic heterocycles. The van der Waals surface area contributed by atoms with Crippen molar-refractivity contribution in [2.45, 2.75) is 37.6 Å². The highest BCUT2D eigenvalue weighted by Crippen LogP contribution is 2.18. The first-order valence-corrected chi connectivity index (χ1v) is 7.27. The fourth-order valence-electron chi connectivity index (χ4n) is 1.37. The van der Waals surface area contributed by atoms with Crippen LogP contribution in [0.15, 0.2) is 23.2 Å². The van der Waals surface area contributed by atoms with Gasteiger partial charge in [-0.25, -0.2) is 0 Å². The van der Waals surface area contributed by atoms with Gasteiger partial charge < -0.3 is 11.1 Å². The molecule has 1 aromatic heterocycles. The Morgan fingerprint density at radius 2 is 2.28 bits per heavy atom. The Balaban J connectivity index is 2.41. The molecule has 0 aliphatic rings. The van der Waals surface area contributed by atoms with Gasteiger partial charge in [-0.05, 0) is 25.0 Å². The highest BCUT2D eigenvalue weighted by Gasteiger charge is 2.06. The maximum absolute atomic E-state index is 11.4. The van der Waals surface area contributed by atoms with E-state index in [1.807, 2.05) is 26.0 Å². The summed E-state index contributed by atoms with van der Waals surface area (Å²) in [6, 6.07) is 3.90. The third-order valence-electron chi connectivity index (χ3n) is 2.52. The standard InChI is InChI=1S/C13H21N3OS/c1-3-7-15-13(17)9-18-10-5-6-12(16-8-10)11(14)4-2/h5-6,8,11H,3-4,7,9,14H2,1-2H3,(H,15,17)/t11-/m1/s1. The Labute approximate surface area is 113 Å². The second-order valence-electron chi connectivity index (χ2n) is 4.07. The van der Waals surface area contributed by atoms with E-state index in [2.05, 4.69) is 10.3 Å². The lowest BCUT2D eigenvalue weighted by Crippen LogP contribution is -2.25. The number of hydrogen-bond donors (Lipinski definition) is 2. The molecule has 0 aliphatic carbocycles. The molecule has 1 heterocycles. The second-order valence-corrected chi connectivity index (χ2v) is 5.12. The predicted octanol–water partition coefficient (Wildman–Crippen LogP) is 2.11. The van der Waals surface area contributed by atoms with Crippen molar-refractivity contribution < 1.29 is 4.79 Å². The summed E-state index contributed by atoms with van der Waals surface area (Å²) in [6.45, 7) is 4.81. The molecular formula is C13H21N3OS. The molecule has 0 radical (unpaired) electrons. The van der Waals surface area contributed by atoms with Gasteiger partial charge in [0.15, 0.2) is 0 Å². The first kappa shape index (κ1) is 15.0. The van der Waals surface area contributed by atoms with Crippen molar-refractivity contribution in [3.8, 4) is 0 Å². The lowest BCUT2D eigenvalue weighted by molar-refractivity contribution is -0.118. The van der Waals surface area contributed by atoms with E-state index < -0.39 is 0 Å². The van der Waals surface area contributed by atoms with Gasteiger partial charge in [-0.1, -0.05) is 13.8 Å². The lowest BCUT2D eigenvalue weighted by atomic mass is 10.1. The molecule has 18 heavy (non-hydrogen) atoms. The monoisotopic (exact) mass is 267 g/mol. The highest BCUT2D eigenvalue weighted by atomic mass is 32.2. The molecule has 1 amide bonds. The van der Waals surface area contributed by atoms with Crippen molar-refractivity contribution in [2.75, 3.05) is 12.3 Å². The number of rotatable bonds is 7. The maximum Gasteiger partial charge on any atom is 0.230 e. The molecule has 5 heteroatoms. The van der Waals surface area contributed by atoms with Crippen molar-refractivity contribution in [3.05, 3.63) is 24.0 Å². The van der Waals surface area contributed by atoms with Gasteiger partial charge in [0.25, 0.3) is 0 Å². The number of amides is 1. The number of carbonyl (C=O) groups is 1. The number of pyridine rings is 1. The minimum Gasteiger partial charge on any atom is -0.355 e. The molecule has 0 bridgehead atoms. The summed E-state index contributed by atoms with van der Waals surface area (Å²) >= 11 is 1.49. The maximum atomic E-state index is 11.4. The SMILES string of the molecule is CCCNC(=O)CSc1ccc([C@H](N)CC)nc1. The molecule has 0 aromatic carbocycles.